The van der Waals surface area contributed by atoms with E-state index in [1.807, 2.05) is 39.0 Å². The summed E-state index contributed by atoms with van der Waals surface area (Å²) < 4.78 is 22.2. The summed E-state index contributed by atoms with van der Waals surface area (Å²) in [5.74, 6) is 0.437. The second kappa shape index (κ2) is 13.8. The van der Waals surface area contributed by atoms with Crippen molar-refractivity contribution < 1.29 is 28.5 Å². The molecule has 0 bridgehead atoms. The first-order valence-corrected chi connectivity index (χ1v) is 14.0. The predicted octanol–water partition coefficient (Wildman–Crippen LogP) is 4.82. The van der Waals surface area contributed by atoms with Crippen LogP contribution in [0.15, 0.2) is 18.2 Å². The molecular formula is C28H41N3O6S. The van der Waals surface area contributed by atoms with Crippen molar-refractivity contribution >= 4 is 28.5 Å². The van der Waals surface area contributed by atoms with E-state index >= 15 is 0 Å². The second-order valence-electron chi connectivity index (χ2n) is 10.5. The predicted molar refractivity (Wildman–Crippen MR) is 148 cm³/mol. The highest BCUT2D eigenvalue weighted by molar-refractivity contribution is 7.15. The Morgan fingerprint density at radius 1 is 1.16 bits per heavy atom. The van der Waals surface area contributed by atoms with Crippen molar-refractivity contribution in [2.75, 3.05) is 37.8 Å². The number of nitrogens with zero attached hydrogens (tertiary/aromatic N) is 2. The number of aromatic nitrogens is 1. The fourth-order valence-electron chi connectivity index (χ4n) is 3.95. The van der Waals surface area contributed by atoms with Gasteiger partial charge < -0.3 is 29.2 Å². The minimum absolute atomic E-state index is 0.214. The molecule has 1 aromatic heterocycles. The smallest absolute Gasteiger partial charge is 0.407 e. The first-order valence-electron chi connectivity index (χ1n) is 13.2. The number of ether oxygens (including phenoxy) is 4. The minimum atomic E-state index is -0.529. The molecule has 0 atom stereocenters. The van der Waals surface area contributed by atoms with Crippen LogP contribution in [0.25, 0.3) is 0 Å². The molecule has 1 saturated heterocycles. The van der Waals surface area contributed by atoms with Gasteiger partial charge in [0.25, 0.3) is 0 Å². The number of hydrogen-bond acceptors (Lipinski definition) is 9. The summed E-state index contributed by atoms with van der Waals surface area (Å²) in [5.41, 5.74) is 2.33. The molecule has 1 N–H and O–H groups in total. The molecule has 1 aromatic carbocycles. The number of nitrogens with one attached hydrogen (secondary N) is 1. The van der Waals surface area contributed by atoms with Gasteiger partial charge in [-0.05, 0) is 71.2 Å². The van der Waals surface area contributed by atoms with Gasteiger partial charge >= 0.3 is 12.1 Å². The maximum Gasteiger partial charge on any atom is 0.407 e. The van der Waals surface area contributed by atoms with E-state index in [0.717, 1.165) is 48.3 Å². The zero-order valence-electron chi connectivity index (χ0n) is 23.4. The number of amides is 1. The molecule has 0 saturated carbocycles. The van der Waals surface area contributed by atoms with E-state index in [4.69, 9.17) is 23.9 Å². The van der Waals surface area contributed by atoms with Gasteiger partial charge in [0.1, 0.15) is 11.4 Å². The molecular weight excluding hydrogens is 506 g/mol. The van der Waals surface area contributed by atoms with E-state index in [1.54, 1.807) is 25.2 Å². The van der Waals surface area contributed by atoms with Crippen LogP contribution in [-0.4, -0.2) is 61.7 Å². The van der Waals surface area contributed by atoms with Crippen molar-refractivity contribution in [3.05, 3.63) is 39.9 Å². The summed E-state index contributed by atoms with van der Waals surface area (Å²) >= 11 is 1.71. The summed E-state index contributed by atoms with van der Waals surface area (Å²) in [5, 5.41) is 3.83. The molecule has 9 nitrogen and oxygen atoms in total. The van der Waals surface area contributed by atoms with Crippen molar-refractivity contribution in [3.8, 4) is 5.75 Å². The molecule has 1 aliphatic heterocycles. The molecule has 10 heteroatoms. The molecule has 1 amide bonds. The summed E-state index contributed by atoms with van der Waals surface area (Å²) in [6, 6.07) is 5.75. The van der Waals surface area contributed by atoms with E-state index in [-0.39, 0.29) is 25.0 Å². The first-order chi connectivity index (χ1) is 18.0. The number of rotatable bonds is 11. The summed E-state index contributed by atoms with van der Waals surface area (Å²) in [6.07, 6.45) is 0.735. The van der Waals surface area contributed by atoms with Crippen LogP contribution in [0.3, 0.4) is 0 Å². The zero-order valence-corrected chi connectivity index (χ0v) is 24.2. The fourth-order valence-corrected chi connectivity index (χ4v) is 4.96. The average Bonchev–Trinajstić information content (AvgIpc) is 3.21. The van der Waals surface area contributed by atoms with Gasteiger partial charge in [0.15, 0.2) is 5.13 Å². The van der Waals surface area contributed by atoms with Crippen LogP contribution >= 0.6 is 11.3 Å². The standard InChI is InChI=1S/C28H41N3O6S/c1-19(2)36-27(33)29-18-22-17-23(9-7-21(22)8-10-25(32)37-28(4,5)6)35-14-11-24-20(3)38-26(30-24)31-12-15-34-16-13-31/h7,9,17,19H,8,10-16,18H2,1-6H3,(H,29,33). The first kappa shape index (κ1) is 29.7. The molecule has 0 radical (unpaired) electrons. The Morgan fingerprint density at radius 3 is 2.58 bits per heavy atom. The molecule has 1 aliphatic rings. The average molecular weight is 548 g/mol. The van der Waals surface area contributed by atoms with Crippen LogP contribution in [0, 0.1) is 6.92 Å². The van der Waals surface area contributed by atoms with E-state index in [1.165, 1.54) is 4.88 Å². The lowest BCUT2D eigenvalue weighted by Crippen LogP contribution is -2.36. The van der Waals surface area contributed by atoms with Gasteiger partial charge in [0.05, 0.1) is 31.6 Å². The highest BCUT2D eigenvalue weighted by Gasteiger charge is 2.18. The molecule has 2 aromatic rings. The summed E-state index contributed by atoms with van der Waals surface area (Å²) in [4.78, 5) is 32.6. The van der Waals surface area contributed by atoms with E-state index in [2.05, 4.69) is 17.1 Å². The lowest BCUT2D eigenvalue weighted by atomic mass is 10.0. The lowest BCUT2D eigenvalue weighted by Gasteiger charge is -2.26. The highest BCUT2D eigenvalue weighted by Crippen LogP contribution is 2.27. The van der Waals surface area contributed by atoms with Gasteiger partial charge in [-0.25, -0.2) is 9.78 Å². The maximum absolute atomic E-state index is 12.3. The third-order valence-electron chi connectivity index (χ3n) is 5.73. The van der Waals surface area contributed by atoms with Gasteiger partial charge in [-0.2, -0.15) is 0 Å². The Kier molecular flexibility index (Phi) is 10.8. The fraction of sp³-hybridized carbons (Fsp3) is 0.607. The molecule has 210 valence electrons. The van der Waals surface area contributed by atoms with Crippen LogP contribution < -0.4 is 15.0 Å². The number of anilines is 1. The molecule has 0 unspecified atom stereocenters. The Labute approximate surface area is 229 Å². The number of esters is 1. The van der Waals surface area contributed by atoms with Crippen molar-refractivity contribution in [2.45, 2.75) is 79.1 Å². The number of carbonyl (C=O) groups is 2. The molecule has 2 heterocycles. The van der Waals surface area contributed by atoms with Crippen molar-refractivity contribution in [1.82, 2.24) is 10.3 Å². The van der Waals surface area contributed by atoms with Gasteiger partial charge in [0.2, 0.25) is 0 Å². The van der Waals surface area contributed by atoms with E-state index in [0.29, 0.717) is 25.2 Å². The van der Waals surface area contributed by atoms with Crippen LogP contribution in [0.1, 0.15) is 62.7 Å². The number of morpholine rings is 1. The normalized spacial score (nSPS) is 13.9. The number of hydrogen-bond donors (Lipinski definition) is 1. The Balaban J connectivity index is 1.62. The number of alkyl carbamates (subject to hydrolysis) is 1. The van der Waals surface area contributed by atoms with E-state index in [9.17, 15) is 9.59 Å². The number of benzene rings is 1. The van der Waals surface area contributed by atoms with Gasteiger partial charge in [-0.15, -0.1) is 11.3 Å². The molecule has 1 fully saturated rings. The largest absolute Gasteiger partial charge is 0.493 e. The molecule has 0 spiro atoms. The van der Waals surface area contributed by atoms with Crippen molar-refractivity contribution in [1.29, 1.82) is 0 Å². The van der Waals surface area contributed by atoms with Crippen LogP contribution in [-0.2, 0) is 38.4 Å². The number of thiazole rings is 1. The van der Waals surface area contributed by atoms with Crippen LogP contribution in [0.5, 0.6) is 5.75 Å². The Hall–Kier alpha value is -2.85. The molecule has 38 heavy (non-hydrogen) atoms. The van der Waals surface area contributed by atoms with Gasteiger partial charge in [-0.1, -0.05) is 6.07 Å². The van der Waals surface area contributed by atoms with Crippen molar-refractivity contribution in [3.63, 3.8) is 0 Å². The lowest BCUT2D eigenvalue weighted by molar-refractivity contribution is -0.154. The quantitative estimate of drug-likeness (QED) is 0.400. The van der Waals surface area contributed by atoms with Gasteiger partial charge in [0, 0.05) is 37.4 Å². The number of carbonyl (C=O) groups excluding carboxylic acids is 2. The number of aryl methyl sites for hydroxylation is 2. The third kappa shape index (κ3) is 9.79. The zero-order chi connectivity index (χ0) is 27.7. The van der Waals surface area contributed by atoms with Crippen LogP contribution in [0.2, 0.25) is 0 Å². The SMILES string of the molecule is Cc1sc(N2CCOCC2)nc1CCOc1ccc(CCC(=O)OC(C)(C)C)c(CNC(=O)OC(C)C)c1. The molecule has 3 rings (SSSR count). The highest BCUT2D eigenvalue weighted by atomic mass is 32.1. The van der Waals surface area contributed by atoms with Crippen molar-refractivity contribution in [2.24, 2.45) is 0 Å². The summed E-state index contributed by atoms with van der Waals surface area (Å²) in [7, 11) is 0. The van der Waals surface area contributed by atoms with E-state index < -0.39 is 11.7 Å². The topological polar surface area (TPSA) is 99.2 Å². The second-order valence-corrected chi connectivity index (χ2v) is 11.7. The van der Waals surface area contributed by atoms with Gasteiger partial charge in [-0.3, -0.25) is 4.79 Å². The summed E-state index contributed by atoms with van der Waals surface area (Å²) in [6.45, 7) is 15.2. The monoisotopic (exact) mass is 547 g/mol. The maximum atomic E-state index is 12.3. The Bertz CT molecular complexity index is 1070. The van der Waals surface area contributed by atoms with Crippen LogP contribution in [0.4, 0.5) is 9.93 Å². The minimum Gasteiger partial charge on any atom is -0.493 e. The Morgan fingerprint density at radius 2 is 1.89 bits per heavy atom. The molecule has 0 aliphatic carbocycles. The third-order valence-corrected chi connectivity index (χ3v) is 6.81.